The summed E-state index contributed by atoms with van der Waals surface area (Å²) in [6, 6.07) is 16.1. The quantitative estimate of drug-likeness (QED) is 0.384. The van der Waals surface area contributed by atoms with E-state index >= 15 is 0 Å². The van der Waals surface area contributed by atoms with Crippen LogP contribution in [0.2, 0.25) is 5.15 Å². The Balaban J connectivity index is 1.36. The number of benzene rings is 2. The molecule has 0 amide bonds. The monoisotopic (exact) mass is 415 g/mol. The van der Waals surface area contributed by atoms with Gasteiger partial charge >= 0.3 is 0 Å². The molecular formula is C24H22ClN5. The third-order valence-electron chi connectivity index (χ3n) is 5.57. The molecule has 0 bridgehead atoms. The highest BCUT2D eigenvalue weighted by molar-refractivity contribution is 6.30. The van der Waals surface area contributed by atoms with Crippen LogP contribution in [0.5, 0.6) is 0 Å². The fraction of sp³-hybridized carbons (Fsp3) is 0.208. The predicted molar refractivity (Wildman–Crippen MR) is 121 cm³/mol. The molecule has 0 spiro atoms. The third kappa shape index (κ3) is 3.74. The van der Waals surface area contributed by atoms with Crippen molar-refractivity contribution in [2.45, 2.75) is 26.4 Å². The molecule has 0 fully saturated rings. The van der Waals surface area contributed by atoms with Gasteiger partial charge in [0.2, 0.25) is 0 Å². The van der Waals surface area contributed by atoms with E-state index in [0.29, 0.717) is 5.15 Å². The summed E-state index contributed by atoms with van der Waals surface area (Å²) in [4.78, 5) is 16.3. The smallest absolute Gasteiger partial charge is 0.159 e. The van der Waals surface area contributed by atoms with E-state index in [1.807, 2.05) is 36.5 Å². The van der Waals surface area contributed by atoms with Crippen molar-refractivity contribution < 1.29 is 0 Å². The zero-order valence-electron chi connectivity index (χ0n) is 16.8. The first kappa shape index (κ1) is 19.0. The van der Waals surface area contributed by atoms with Crippen LogP contribution in [0.1, 0.15) is 22.4 Å². The molecule has 0 unspecified atom stereocenters. The van der Waals surface area contributed by atoms with Crippen LogP contribution in [0.4, 0.5) is 5.69 Å². The molecule has 0 radical (unpaired) electrons. The maximum Gasteiger partial charge on any atom is 0.159 e. The van der Waals surface area contributed by atoms with Gasteiger partial charge < -0.3 is 5.73 Å². The van der Waals surface area contributed by atoms with Gasteiger partial charge in [-0.2, -0.15) is 0 Å². The Labute approximate surface area is 180 Å². The van der Waals surface area contributed by atoms with E-state index in [-0.39, 0.29) is 0 Å². The second-order valence-electron chi connectivity index (χ2n) is 7.88. The van der Waals surface area contributed by atoms with Gasteiger partial charge in [0.1, 0.15) is 5.15 Å². The van der Waals surface area contributed by atoms with Gasteiger partial charge in [-0.15, -0.1) is 0 Å². The van der Waals surface area contributed by atoms with Crippen molar-refractivity contribution in [2.75, 3.05) is 12.3 Å². The van der Waals surface area contributed by atoms with Crippen LogP contribution in [-0.2, 0) is 19.5 Å². The summed E-state index contributed by atoms with van der Waals surface area (Å²) in [6.45, 7) is 4.58. The number of hydrogen-bond donors (Lipinski definition) is 1. The number of halogens is 1. The van der Waals surface area contributed by atoms with Crippen molar-refractivity contribution in [2.24, 2.45) is 0 Å². The van der Waals surface area contributed by atoms with Crippen molar-refractivity contribution in [3.8, 4) is 11.4 Å². The van der Waals surface area contributed by atoms with Gasteiger partial charge in [-0.3, -0.25) is 4.90 Å². The number of nitrogens with two attached hydrogens (primary N) is 1. The first-order chi connectivity index (χ1) is 14.5. The number of aromatic nitrogens is 3. The van der Waals surface area contributed by atoms with Crippen LogP contribution < -0.4 is 5.73 Å². The van der Waals surface area contributed by atoms with E-state index in [1.54, 1.807) is 0 Å². The van der Waals surface area contributed by atoms with Gasteiger partial charge in [0, 0.05) is 60.0 Å². The Bertz CT molecular complexity index is 1240. The third-order valence-corrected chi connectivity index (χ3v) is 5.90. The molecule has 0 saturated heterocycles. The van der Waals surface area contributed by atoms with E-state index < -0.39 is 0 Å². The number of rotatable bonds is 3. The van der Waals surface area contributed by atoms with Crippen LogP contribution in [0.3, 0.4) is 0 Å². The fourth-order valence-electron chi connectivity index (χ4n) is 3.95. The number of fused-ring (bicyclic) bond motifs is 2. The van der Waals surface area contributed by atoms with Crippen LogP contribution >= 0.6 is 11.6 Å². The molecule has 2 N–H and O–H groups in total. The van der Waals surface area contributed by atoms with Gasteiger partial charge in [0.25, 0.3) is 0 Å². The lowest BCUT2D eigenvalue weighted by molar-refractivity contribution is 0.243. The normalized spacial score (nSPS) is 14.1. The van der Waals surface area contributed by atoms with Crippen LogP contribution in [-0.4, -0.2) is 26.4 Å². The minimum Gasteiger partial charge on any atom is -0.399 e. The molecule has 30 heavy (non-hydrogen) atoms. The van der Waals surface area contributed by atoms with E-state index in [0.717, 1.165) is 65.3 Å². The van der Waals surface area contributed by atoms with Crippen molar-refractivity contribution >= 4 is 28.2 Å². The summed E-state index contributed by atoms with van der Waals surface area (Å²) in [6.07, 6.45) is 2.83. The minimum atomic E-state index is 0.576. The largest absolute Gasteiger partial charge is 0.399 e. The lowest BCUT2D eigenvalue weighted by atomic mass is 10.1. The Hall–Kier alpha value is -3.02. The molecule has 0 aliphatic carbocycles. The van der Waals surface area contributed by atoms with Crippen LogP contribution in [0, 0.1) is 6.92 Å². The highest BCUT2D eigenvalue weighted by Crippen LogP contribution is 2.26. The zero-order valence-corrected chi connectivity index (χ0v) is 17.5. The van der Waals surface area contributed by atoms with Gasteiger partial charge in [-0.05, 0) is 49.4 Å². The van der Waals surface area contributed by atoms with Gasteiger partial charge in [0.15, 0.2) is 5.82 Å². The number of pyridine rings is 1. The molecule has 0 saturated carbocycles. The summed E-state index contributed by atoms with van der Waals surface area (Å²) >= 11 is 6.49. The van der Waals surface area contributed by atoms with Crippen LogP contribution in [0.15, 0.2) is 54.7 Å². The van der Waals surface area contributed by atoms with E-state index in [9.17, 15) is 0 Å². The minimum absolute atomic E-state index is 0.576. The summed E-state index contributed by atoms with van der Waals surface area (Å²) in [5.74, 6) is 0.749. The molecule has 4 aromatic rings. The SMILES string of the molecule is Cc1ccc2nc(Cl)c(CN3CCc4nc(-c5ccc(N)cc5)ncc4C3)cc2c1. The molecule has 6 heteroatoms. The Kier molecular flexibility index (Phi) is 4.85. The maximum atomic E-state index is 6.49. The lowest BCUT2D eigenvalue weighted by Crippen LogP contribution is -2.31. The average Bonchev–Trinajstić information content (AvgIpc) is 2.75. The number of aryl methyl sites for hydroxylation is 1. The molecule has 2 aromatic carbocycles. The summed E-state index contributed by atoms with van der Waals surface area (Å²) in [5, 5.41) is 1.70. The molecule has 0 atom stereocenters. The number of anilines is 1. The second kappa shape index (κ2) is 7.67. The van der Waals surface area contributed by atoms with Crippen molar-refractivity contribution in [3.05, 3.63) is 82.3 Å². The summed E-state index contributed by atoms with van der Waals surface area (Å²) in [5.41, 5.74) is 13.0. The lowest BCUT2D eigenvalue weighted by Gasteiger charge is -2.28. The van der Waals surface area contributed by atoms with Crippen molar-refractivity contribution in [1.82, 2.24) is 19.9 Å². The molecule has 150 valence electrons. The Morgan fingerprint density at radius 2 is 1.90 bits per heavy atom. The molecule has 5 nitrogen and oxygen atoms in total. The van der Waals surface area contributed by atoms with E-state index in [4.69, 9.17) is 22.3 Å². The fourth-order valence-corrected chi connectivity index (χ4v) is 4.15. The Morgan fingerprint density at radius 1 is 1.07 bits per heavy atom. The molecule has 1 aliphatic rings. The van der Waals surface area contributed by atoms with Crippen molar-refractivity contribution in [3.63, 3.8) is 0 Å². The second-order valence-corrected chi connectivity index (χ2v) is 8.24. The zero-order chi connectivity index (χ0) is 20.7. The molecule has 5 rings (SSSR count). The highest BCUT2D eigenvalue weighted by Gasteiger charge is 2.20. The maximum absolute atomic E-state index is 6.49. The van der Waals surface area contributed by atoms with Crippen LogP contribution in [0.25, 0.3) is 22.3 Å². The standard InChI is InChI=1S/C24H22ClN5/c1-15-2-7-21-17(10-15)11-18(23(25)28-21)13-30-9-8-22-19(14-30)12-27-24(29-22)16-3-5-20(26)6-4-16/h2-7,10-12H,8-9,13-14,26H2,1H3. The number of nitrogen functional groups attached to an aromatic ring is 1. The molecule has 3 heterocycles. The number of nitrogens with zero attached hydrogens (tertiary/aromatic N) is 4. The predicted octanol–water partition coefficient (Wildman–Crippen LogP) is 4.79. The average molecular weight is 416 g/mol. The first-order valence-corrected chi connectivity index (χ1v) is 10.4. The molecular weight excluding hydrogens is 394 g/mol. The summed E-state index contributed by atoms with van der Waals surface area (Å²) in [7, 11) is 0. The van der Waals surface area contributed by atoms with Gasteiger partial charge in [-0.25, -0.2) is 15.0 Å². The van der Waals surface area contributed by atoms with E-state index in [1.165, 1.54) is 11.1 Å². The first-order valence-electron chi connectivity index (χ1n) is 10.0. The van der Waals surface area contributed by atoms with Gasteiger partial charge in [-0.1, -0.05) is 23.2 Å². The van der Waals surface area contributed by atoms with E-state index in [2.05, 4.69) is 40.0 Å². The Morgan fingerprint density at radius 3 is 2.73 bits per heavy atom. The highest BCUT2D eigenvalue weighted by atomic mass is 35.5. The number of hydrogen-bond acceptors (Lipinski definition) is 5. The summed E-state index contributed by atoms with van der Waals surface area (Å²) < 4.78 is 0. The molecule has 1 aliphatic heterocycles. The molecule has 2 aromatic heterocycles. The topological polar surface area (TPSA) is 67.9 Å². The van der Waals surface area contributed by atoms with Crippen molar-refractivity contribution in [1.29, 1.82) is 0 Å². The van der Waals surface area contributed by atoms with Gasteiger partial charge in [0.05, 0.1) is 11.2 Å².